The standard InChI is InChI=1S/C10H20O5/c1-3-5-7-12-14-9-10(11)15-13-8-6-4-2/h3-9H2,1-2H3. The molecule has 0 aromatic carbocycles. The van der Waals surface area contributed by atoms with E-state index in [0.717, 1.165) is 25.7 Å². The van der Waals surface area contributed by atoms with Crippen molar-refractivity contribution in [1.82, 2.24) is 0 Å². The highest BCUT2D eigenvalue weighted by Gasteiger charge is 2.04. The minimum absolute atomic E-state index is 0.240. The van der Waals surface area contributed by atoms with Gasteiger partial charge < -0.3 is 0 Å². The quantitative estimate of drug-likeness (QED) is 0.320. The molecule has 0 aliphatic rings. The highest BCUT2D eigenvalue weighted by atomic mass is 17.2. The Kier molecular flexibility index (Phi) is 10.9. The van der Waals surface area contributed by atoms with E-state index in [0.29, 0.717) is 13.2 Å². The predicted molar refractivity (Wildman–Crippen MR) is 53.8 cm³/mol. The molecule has 5 nitrogen and oxygen atoms in total. The van der Waals surface area contributed by atoms with Crippen LogP contribution >= 0.6 is 0 Å². The lowest BCUT2D eigenvalue weighted by Crippen LogP contribution is -2.14. The van der Waals surface area contributed by atoms with Crippen LogP contribution in [0.25, 0.3) is 0 Å². The van der Waals surface area contributed by atoms with Gasteiger partial charge in [-0.1, -0.05) is 26.7 Å². The van der Waals surface area contributed by atoms with Gasteiger partial charge in [0.25, 0.3) is 0 Å². The van der Waals surface area contributed by atoms with E-state index in [1.807, 2.05) is 13.8 Å². The molecule has 90 valence electrons. The summed E-state index contributed by atoms with van der Waals surface area (Å²) >= 11 is 0. The third-order valence-corrected chi connectivity index (χ3v) is 1.57. The molecule has 0 N–H and O–H groups in total. The van der Waals surface area contributed by atoms with Gasteiger partial charge in [0.05, 0.1) is 13.2 Å². The van der Waals surface area contributed by atoms with Crippen LogP contribution in [0.2, 0.25) is 0 Å². The highest BCUT2D eigenvalue weighted by Crippen LogP contribution is 1.92. The molecule has 0 atom stereocenters. The van der Waals surface area contributed by atoms with Crippen molar-refractivity contribution in [2.75, 3.05) is 19.8 Å². The van der Waals surface area contributed by atoms with Crippen molar-refractivity contribution >= 4 is 5.97 Å². The van der Waals surface area contributed by atoms with Crippen LogP contribution in [0.15, 0.2) is 0 Å². The van der Waals surface area contributed by atoms with Gasteiger partial charge >= 0.3 is 5.97 Å². The zero-order valence-electron chi connectivity index (χ0n) is 9.49. The summed E-state index contributed by atoms with van der Waals surface area (Å²) in [7, 11) is 0. The van der Waals surface area contributed by atoms with E-state index in [2.05, 4.69) is 14.7 Å². The van der Waals surface area contributed by atoms with Gasteiger partial charge in [-0.25, -0.2) is 14.6 Å². The monoisotopic (exact) mass is 220 g/mol. The molecule has 0 amide bonds. The Morgan fingerprint density at radius 1 is 0.933 bits per heavy atom. The van der Waals surface area contributed by atoms with Crippen LogP contribution in [0.3, 0.4) is 0 Å². The fraction of sp³-hybridized carbons (Fsp3) is 0.900. The number of unbranched alkanes of at least 4 members (excludes halogenated alkanes) is 2. The fourth-order valence-electron chi connectivity index (χ4n) is 0.687. The van der Waals surface area contributed by atoms with Crippen LogP contribution in [0.4, 0.5) is 0 Å². The van der Waals surface area contributed by atoms with E-state index >= 15 is 0 Å². The van der Waals surface area contributed by atoms with Crippen molar-refractivity contribution in [3.63, 3.8) is 0 Å². The molecule has 0 aliphatic heterocycles. The van der Waals surface area contributed by atoms with E-state index in [1.165, 1.54) is 0 Å². The first-order valence-electron chi connectivity index (χ1n) is 5.38. The lowest BCUT2D eigenvalue weighted by molar-refractivity contribution is -0.316. The number of hydrogen-bond acceptors (Lipinski definition) is 5. The zero-order chi connectivity index (χ0) is 11.4. The molecular weight excluding hydrogens is 200 g/mol. The van der Waals surface area contributed by atoms with Crippen molar-refractivity contribution in [2.45, 2.75) is 39.5 Å². The molecule has 0 radical (unpaired) electrons. The van der Waals surface area contributed by atoms with Gasteiger partial charge in [0, 0.05) is 0 Å². The molecule has 0 heterocycles. The summed E-state index contributed by atoms with van der Waals surface area (Å²) in [5.74, 6) is -0.581. The summed E-state index contributed by atoms with van der Waals surface area (Å²) in [6.07, 6.45) is 3.78. The molecule has 0 unspecified atom stereocenters. The molecule has 15 heavy (non-hydrogen) atoms. The molecular formula is C10H20O5. The Labute approximate surface area is 90.5 Å². The highest BCUT2D eigenvalue weighted by molar-refractivity contribution is 5.69. The van der Waals surface area contributed by atoms with Crippen LogP contribution in [0.1, 0.15) is 39.5 Å². The summed E-state index contributed by atoms with van der Waals surface area (Å²) in [5.41, 5.74) is 0. The molecule has 0 spiro atoms. The van der Waals surface area contributed by atoms with Crippen LogP contribution in [0.5, 0.6) is 0 Å². The summed E-state index contributed by atoms with van der Waals surface area (Å²) in [6, 6.07) is 0. The van der Waals surface area contributed by atoms with Crippen molar-refractivity contribution < 1.29 is 24.3 Å². The molecule has 0 fully saturated rings. The minimum Gasteiger partial charge on any atom is -0.296 e. The number of hydrogen-bond donors (Lipinski definition) is 0. The lowest BCUT2D eigenvalue weighted by Gasteiger charge is -2.03. The Balaban J connectivity index is 3.11. The maximum atomic E-state index is 10.9. The maximum Gasteiger partial charge on any atom is 0.371 e. The Morgan fingerprint density at radius 3 is 2.13 bits per heavy atom. The first-order chi connectivity index (χ1) is 7.31. The number of carbonyl (C=O) groups is 1. The normalized spacial score (nSPS) is 10.3. The minimum atomic E-state index is -0.581. The van der Waals surface area contributed by atoms with Gasteiger partial charge in [0.1, 0.15) is 0 Å². The topological polar surface area (TPSA) is 54.0 Å². The van der Waals surface area contributed by atoms with Crippen molar-refractivity contribution in [1.29, 1.82) is 0 Å². The molecule has 5 heteroatoms. The average Bonchev–Trinajstić information content (AvgIpc) is 2.24. The smallest absolute Gasteiger partial charge is 0.296 e. The molecule has 0 rings (SSSR count). The summed E-state index contributed by atoms with van der Waals surface area (Å²) in [6.45, 7) is 4.73. The van der Waals surface area contributed by atoms with Crippen molar-refractivity contribution in [2.24, 2.45) is 0 Å². The Hall–Kier alpha value is -0.650. The second-order valence-corrected chi connectivity index (χ2v) is 3.07. The maximum absolute atomic E-state index is 10.9. The second-order valence-electron chi connectivity index (χ2n) is 3.07. The third-order valence-electron chi connectivity index (χ3n) is 1.57. The molecule has 0 saturated carbocycles. The van der Waals surface area contributed by atoms with Gasteiger partial charge in [0.2, 0.25) is 0 Å². The molecule has 0 aliphatic carbocycles. The Bertz CT molecular complexity index is 149. The third kappa shape index (κ3) is 11.3. The van der Waals surface area contributed by atoms with E-state index in [4.69, 9.17) is 4.89 Å². The summed E-state index contributed by atoms with van der Waals surface area (Å²) in [5, 5.41) is 0. The lowest BCUT2D eigenvalue weighted by atomic mass is 10.4. The fourth-order valence-corrected chi connectivity index (χ4v) is 0.687. The van der Waals surface area contributed by atoms with Gasteiger partial charge in [-0.15, -0.1) is 0 Å². The summed E-state index contributed by atoms with van der Waals surface area (Å²) < 4.78 is 0. The summed E-state index contributed by atoms with van der Waals surface area (Å²) in [4.78, 5) is 29.2. The van der Waals surface area contributed by atoms with Gasteiger partial charge in [-0.2, -0.15) is 4.89 Å². The number of rotatable bonds is 10. The van der Waals surface area contributed by atoms with Gasteiger partial charge in [-0.05, 0) is 12.8 Å². The molecule has 0 aromatic rings. The molecule has 0 aromatic heterocycles. The van der Waals surface area contributed by atoms with Crippen molar-refractivity contribution in [3.8, 4) is 0 Å². The van der Waals surface area contributed by atoms with Gasteiger partial charge in [-0.3, -0.25) is 4.89 Å². The number of carbonyl (C=O) groups excluding carboxylic acids is 1. The van der Waals surface area contributed by atoms with Gasteiger partial charge in [0.15, 0.2) is 6.61 Å². The van der Waals surface area contributed by atoms with E-state index < -0.39 is 5.97 Å². The van der Waals surface area contributed by atoms with Crippen molar-refractivity contribution in [3.05, 3.63) is 0 Å². The second kappa shape index (κ2) is 11.4. The first-order valence-corrected chi connectivity index (χ1v) is 5.38. The average molecular weight is 220 g/mol. The predicted octanol–water partition coefficient (Wildman–Crippen LogP) is 2.01. The van der Waals surface area contributed by atoms with Crippen LogP contribution in [0, 0.1) is 0 Å². The van der Waals surface area contributed by atoms with E-state index in [-0.39, 0.29) is 6.61 Å². The van der Waals surface area contributed by atoms with E-state index in [1.54, 1.807) is 0 Å². The largest absolute Gasteiger partial charge is 0.371 e. The molecule has 0 bridgehead atoms. The zero-order valence-corrected chi connectivity index (χ0v) is 9.49. The van der Waals surface area contributed by atoms with E-state index in [9.17, 15) is 4.79 Å². The van der Waals surface area contributed by atoms with Crippen LogP contribution in [-0.2, 0) is 24.3 Å². The molecule has 0 saturated heterocycles. The van der Waals surface area contributed by atoms with Crippen LogP contribution < -0.4 is 0 Å². The first kappa shape index (κ1) is 14.3. The Morgan fingerprint density at radius 2 is 1.53 bits per heavy atom. The SMILES string of the molecule is CCCCOOCC(=O)OOCCCC. The van der Waals surface area contributed by atoms with Crippen LogP contribution in [-0.4, -0.2) is 25.8 Å².